The minimum Gasteiger partial charge on any atom is -0.664 e. The normalized spacial score (nSPS) is 13.6. The van der Waals surface area contributed by atoms with E-state index in [9.17, 15) is 0 Å². The molecule has 0 amide bonds. The van der Waals surface area contributed by atoms with Crippen LogP contribution in [0.5, 0.6) is 0 Å². The van der Waals surface area contributed by atoms with Crippen LogP contribution >= 0.6 is 0 Å². The summed E-state index contributed by atoms with van der Waals surface area (Å²) in [5.74, 6) is 0. The minimum atomic E-state index is -1.37. The fourth-order valence-corrected chi connectivity index (χ4v) is 31.0. The molecule has 0 aromatic heterocycles. The topological polar surface area (TPSA) is 347 Å². The van der Waals surface area contributed by atoms with Gasteiger partial charge < -0.3 is 165 Å². The molecular formula is C108H264Co6N12O12Si6+6. The molecule has 0 aliphatic carbocycles. The zero-order valence-corrected chi connectivity index (χ0v) is 118. The van der Waals surface area contributed by atoms with E-state index < -0.39 is 49.4 Å². The summed E-state index contributed by atoms with van der Waals surface area (Å²) in [6, 6.07) is 19.6. The molecule has 144 heavy (non-hydrogen) atoms. The van der Waals surface area contributed by atoms with Crippen molar-refractivity contribution in [3.63, 3.8) is 0 Å². The van der Waals surface area contributed by atoms with Crippen LogP contribution in [-0.2, 0) is 101 Å². The van der Waals surface area contributed by atoms with Gasteiger partial charge in [-0.25, -0.2) is 0 Å². The first-order valence-corrected chi connectivity index (χ1v) is 68.9. The fourth-order valence-electron chi connectivity index (χ4n) is 14.9. The van der Waals surface area contributed by atoms with Gasteiger partial charge in [0.15, 0.2) is 0 Å². The number of likely N-dealkylation sites (N-methyl/N-ethyl adjacent to an activating group) is 4. The molecule has 0 aromatic rings. The Kier molecular flexibility index (Phi) is 182. The van der Waals surface area contributed by atoms with Crippen LogP contribution in [0, 0.1) is 44.6 Å². The third-order valence-electron chi connectivity index (χ3n) is 25.1. The summed E-state index contributed by atoms with van der Waals surface area (Å²) < 4.78 is 0. The van der Waals surface area contributed by atoms with Gasteiger partial charge in [-0.1, -0.05) is 365 Å². The molecule has 0 radical (unpaired) electrons. The van der Waals surface area contributed by atoms with E-state index in [1.807, 2.05) is 0 Å². The predicted octanol–water partition coefficient (Wildman–Crippen LogP) is 25.8. The van der Waals surface area contributed by atoms with E-state index in [4.69, 9.17) is 91.2 Å². The molecule has 0 heterocycles. The van der Waals surface area contributed by atoms with Gasteiger partial charge in [0.25, 0.3) is 0 Å². The predicted molar refractivity (Wildman–Crippen MR) is 646 cm³/mol. The van der Waals surface area contributed by atoms with E-state index in [0.29, 0.717) is 43.6 Å². The summed E-state index contributed by atoms with van der Waals surface area (Å²) in [4.78, 5) is 44.6. The van der Waals surface area contributed by atoms with Crippen molar-refractivity contribution in [1.29, 1.82) is 0 Å². The van der Waals surface area contributed by atoms with Crippen LogP contribution in [0.3, 0.4) is 0 Å². The van der Waals surface area contributed by atoms with Crippen molar-refractivity contribution in [3.8, 4) is 0 Å². The van der Waals surface area contributed by atoms with Crippen LogP contribution in [0.4, 0.5) is 0 Å². The van der Waals surface area contributed by atoms with Gasteiger partial charge in [0.2, 0.25) is 0 Å². The summed E-state index contributed by atoms with van der Waals surface area (Å²) in [6.07, 6.45) is 0.804. The molecule has 0 spiro atoms. The zero-order valence-electron chi connectivity index (χ0n) is 106. The van der Waals surface area contributed by atoms with E-state index in [1.165, 1.54) is 130 Å². The van der Waals surface area contributed by atoms with Crippen LogP contribution in [0.2, 0.25) is 109 Å². The van der Waals surface area contributed by atoms with E-state index >= 15 is 0 Å². The van der Waals surface area contributed by atoms with Crippen LogP contribution in [0.15, 0.2) is 0 Å². The molecule has 0 saturated heterocycles. The van der Waals surface area contributed by atoms with Crippen LogP contribution in [0.25, 0.3) is 29.9 Å². The van der Waals surface area contributed by atoms with E-state index in [1.54, 1.807) is 83.1 Å². The molecule has 0 saturated carbocycles. The Hall–Kier alpha value is 3.38. The standard InChI is InChI=1S/C14H33N2Si.C13H31N2Si.2C12H29N2Si.C11H27N2Si.C10H25N2Si.6C5H12O2.6CH3.6Co/c1-8-16(9-2)13-14(6,7)15-17(10-3,11-4)12-5;1-6-15(7-2)13-11-12-14-16(8-3,9-4)10-5;1-8-15(9-2,10-3)13-12(4,5)11-14(6)7;1-6-14(7-2)12-11-13-15(8-3,9-4)10-5;1-6-14(7-2,8-3)12-10-9-11-13(4)5;1-10(2,3)13(6,7)11-8-9-12(4)5;6*1-4(6)3-5(2)7;;;;;;;;;;;;/h8-13H2,1-7H3;6-13H2,1-5H3;8-11H2,1-7H3;6-12H2,1-5H3;6-11H2,1-5H3;8-9H2,1-7H3;6*4-7H,3H2,1-2H3;6*1H3;;;;;;/q6*-1;;;;;;;6*-1;6*+3. The maximum Gasteiger partial charge on any atom is 3.00 e. The quantitative estimate of drug-likeness (QED) is 0.0153. The van der Waals surface area contributed by atoms with E-state index in [2.05, 4.69) is 279 Å². The molecule has 900 valence electrons. The molecule has 0 rings (SSSR count). The fraction of sp³-hybridized carbons (Fsp3) is 0.944. The summed E-state index contributed by atoms with van der Waals surface area (Å²) in [5.41, 5.74) is 0.248. The molecule has 24 nitrogen and oxygen atoms in total. The Bertz CT molecular complexity index is 2130. The van der Waals surface area contributed by atoms with Gasteiger partial charge in [0, 0.05) is 0 Å². The van der Waals surface area contributed by atoms with Gasteiger partial charge in [0.05, 0.1) is 73.2 Å². The summed E-state index contributed by atoms with van der Waals surface area (Å²) in [5, 5.41) is 103. The first-order chi connectivity index (χ1) is 60.6. The van der Waals surface area contributed by atoms with E-state index in [0.717, 1.165) is 78.5 Å². The number of aliphatic hydroxyl groups is 12. The molecule has 0 aromatic carbocycles. The van der Waals surface area contributed by atoms with Gasteiger partial charge in [-0.2, -0.15) is 0 Å². The number of nitrogens with zero attached hydrogens (tertiary/aromatic N) is 12. The number of hydrogen-bond acceptors (Lipinski definition) is 18. The molecule has 0 bridgehead atoms. The van der Waals surface area contributed by atoms with Crippen LogP contribution < -0.4 is 0 Å². The molecule has 36 heteroatoms. The number of aliphatic hydroxyl groups excluding tert-OH is 12. The SMILES string of the molecule is CC(O)CC(C)O.CC(O)CC(C)O.CC(O)CC(C)O.CC(O)CC(C)O.CC(O)CC(C)O.CC(O)CC(C)O.CCN(CC)CC(C)(C)[N-][Si](CC)(CC)CC.CCN(CC)CCC[N-][Si](CC)(CC)CC.CCN(CC)CC[N-][Si](CC)(CC)CC.CC[Si](CC)(CC)[N-]C(C)(C)CN(C)C.CC[Si](CC)(CC)[N-]CCCN(C)C.CN(C)CC[N-][Si](C)(C)C(C)(C)C.[CH3-].[CH3-].[CH3-].[CH3-].[CH3-].[CH3-].[Co+3].[Co+3].[Co+3].[Co+3].[Co+3].[Co+3]. The minimum absolute atomic E-state index is 0. The maximum absolute atomic E-state index is 8.56. The molecule has 12 N–H and O–H groups in total. The first kappa shape index (κ1) is 207. The Labute approximate surface area is 975 Å². The van der Waals surface area contributed by atoms with Gasteiger partial charge in [-0.05, 0) is 242 Å². The van der Waals surface area contributed by atoms with Gasteiger partial charge >= 0.3 is 101 Å². The van der Waals surface area contributed by atoms with Crippen molar-refractivity contribution in [2.45, 2.75) is 521 Å². The molecule has 12 atom stereocenters. The first-order valence-electron chi connectivity index (χ1n) is 53.1. The van der Waals surface area contributed by atoms with Crippen molar-refractivity contribution < 1.29 is 162 Å². The summed E-state index contributed by atoms with van der Waals surface area (Å²) in [6.45, 7) is 107. The van der Waals surface area contributed by atoms with Crippen LogP contribution in [0.1, 0.15) is 328 Å². The number of hydrogen-bond donors (Lipinski definition) is 12. The van der Waals surface area contributed by atoms with Gasteiger partial charge in [-0.3, -0.25) is 0 Å². The van der Waals surface area contributed by atoms with Crippen molar-refractivity contribution in [2.24, 2.45) is 0 Å². The molecular weight excluding hydrogens is 2180 g/mol. The van der Waals surface area contributed by atoms with Gasteiger partial charge in [0.1, 0.15) is 0 Å². The van der Waals surface area contributed by atoms with Crippen molar-refractivity contribution >= 4 is 49.4 Å². The zero-order chi connectivity index (χ0) is 107. The Morgan fingerprint density at radius 3 is 0.556 bits per heavy atom. The second-order valence-electron chi connectivity index (χ2n) is 41.3. The smallest absolute Gasteiger partial charge is 0.664 e. The second-order valence-corrected chi connectivity index (χ2v) is 70.5. The van der Waals surface area contributed by atoms with E-state index in [-0.39, 0.29) is 230 Å². The Morgan fingerprint density at radius 2 is 0.396 bits per heavy atom. The molecule has 0 fully saturated rings. The van der Waals surface area contributed by atoms with Crippen LogP contribution in [-0.4, -0.2) is 371 Å². The average molecular weight is 2450 g/mol. The second kappa shape index (κ2) is 127. The summed E-state index contributed by atoms with van der Waals surface area (Å²) >= 11 is 0. The Morgan fingerprint density at radius 1 is 0.222 bits per heavy atom. The third-order valence-corrected chi connectivity index (χ3v) is 54.4. The molecule has 0 aliphatic heterocycles. The van der Waals surface area contributed by atoms with Crippen molar-refractivity contribution in [1.82, 2.24) is 29.4 Å². The molecule has 0 aliphatic rings. The van der Waals surface area contributed by atoms with Crippen molar-refractivity contribution in [3.05, 3.63) is 74.5 Å². The monoisotopic (exact) mass is 2440 g/mol. The maximum atomic E-state index is 8.56. The Balaban J connectivity index is -0.0000000499. The van der Waals surface area contributed by atoms with Crippen molar-refractivity contribution in [2.75, 3.05) is 147 Å². The molecule has 12 unspecified atom stereocenters. The average Bonchev–Trinajstić information content (AvgIpc) is 0.846. The largest absolute Gasteiger partial charge is 3.00 e. The summed E-state index contributed by atoms with van der Waals surface area (Å²) in [7, 11) is 5.07. The number of rotatable bonds is 59. The van der Waals surface area contributed by atoms with Gasteiger partial charge in [-0.15, -0.1) is 37.3 Å². The third kappa shape index (κ3) is 143.